The number of carbonyl (C=O) groups is 1. The summed E-state index contributed by atoms with van der Waals surface area (Å²) >= 11 is 0. The van der Waals surface area contributed by atoms with E-state index in [2.05, 4.69) is 24.1 Å². The van der Waals surface area contributed by atoms with Crippen molar-refractivity contribution < 1.29 is 9.53 Å². The van der Waals surface area contributed by atoms with E-state index >= 15 is 0 Å². The monoisotopic (exact) mass is 361 g/mol. The predicted molar refractivity (Wildman–Crippen MR) is 107 cm³/mol. The topological polar surface area (TPSA) is 44.8 Å². The molecule has 26 heavy (non-hydrogen) atoms. The number of amides is 2. The average Bonchev–Trinajstić information content (AvgIpc) is 2.67. The van der Waals surface area contributed by atoms with Crippen molar-refractivity contribution in [2.24, 2.45) is 5.92 Å². The SMILES string of the molecule is CCN(CC)CCCC1CCN(C(=O)Nc2ccc(COC)cc2)CC1. The van der Waals surface area contributed by atoms with Crippen molar-refractivity contribution in [3.8, 4) is 0 Å². The van der Waals surface area contributed by atoms with Crippen LogP contribution in [0.2, 0.25) is 0 Å². The van der Waals surface area contributed by atoms with Crippen LogP contribution in [0.5, 0.6) is 0 Å². The number of anilines is 1. The Labute approximate surface area is 158 Å². The van der Waals surface area contributed by atoms with Crippen LogP contribution >= 0.6 is 0 Å². The molecule has 0 aliphatic carbocycles. The normalized spacial score (nSPS) is 15.5. The van der Waals surface area contributed by atoms with Gasteiger partial charge in [-0.3, -0.25) is 0 Å². The number of ether oxygens (including phenoxy) is 1. The highest BCUT2D eigenvalue weighted by molar-refractivity contribution is 5.89. The number of nitrogens with zero attached hydrogens (tertiary/aromatic N) is 2. The van der Waals surface area contributed by atoms with Crippen molar-refractivity contribution >= 4 is 11.7 Å². The van der Waals surface area contributed by atoms with Crippen LogP contribution in [0.1, 0.15) is 45.1 Å². The van der Waals surface area contributed by atoms with Gasteiger partial charge < -0.3 is 19.9 Å². The zero-order valence-corrected chi connectivity index (χ0v) is 16.7. The summed E-state index contributed by atoms with van der Waals surface area (Å²) in [5.74, 6) is 0.767. The summed E-state index contributed by atoms with van der Waals surface area (Å²) in [5, 5.41) is 3.01. The molecule has 1 heterocycles. The van der Waals surface area contributed by atoms with Gasteiger partial charge in [-0.15, -0.1) is 0 Å². The fraction of sp³-hybridized carbons (Fsp3) is 0.667. The second-order valence-corrected chi connectivity index (χ2v) is 7.16. The van der Waals surface area contributed by atoms with Gasteiger partial charge in [0, 0.05) is 25.9 Å². The molecule has 1 aliphatic heterocycles. The van der Waals surface area contributed by atoms with Crippen LogP contribution in [0.25, 0.3) is 0 Å². The molecule has 1 aliphatic rings. The molecule has 0 atom stereocenters. The third kappa shape index (κ3) is 6.61. The minimum absolute atomic E-state index is 0.0195. The summed E-state index contributed by atoms with van der Waals surface area (Å²) in [4.78, 5) is 16.9. The van der Waals surface area contributed by atoms with Crippen molar-refractivity contribution in [3.05, 3.63) is 29.8 Å². The van der Waals surface area contributed by atoms with Gasteiger partial charge in [0.15, 0.2) is 0 Å². The Balaban J connectivity index is 1.69. The highest BCUT2D eigenvalue weighted by atomic mass is 16.5. The lowest BCUT2D eigenvalue weighted by Crippen LogP contribution is -2.41. The molecule has 0 radical (unpaired) electrons. The first-order chi connectivity index (χ1) is 12.7. The van der Waals surface area contributed by atoms with E-state index in [0.717, 1.165) is 56.2 Å². The molecule has 2 rings (SSSR count). The molecule has 0 aromatic heterocycles. The number of urea groups is 1. The van der Waals surface area contributed by atoms with Gasteiger partial charge >= 0.3 is 6.03 Å². The Morgan fingerprint density at radius 3 is 2.42 bits per heavy atom. The van der Waals surface area contributed by atoms with Gasteiger partial charge in [0.25, 0.3) is 0 Å². The second-order valence-electron chi connectivity index (χ2n) is 7.16. The molecule has 0 spiro atoms. The molecular formula is C21H35N3O2. The maximum atomic E-state index is 12.4. The lowest BCUT2D eigenvalue weighted by atomic mass is 9.92. The van der Waals surface area contributed by atoms with Crippen LogP contribution < -0.4 is 5.32 Å². The van der Waals surface area contributed by atoms with Crippen LogP contribution in [-0.4, -0.2) is 55.7 Å². The zero-order chi connectivity index (χ0) is 18.8. The van der Waals surface area contributed by atoms with Gasteiger partial charge in [-0.1, -0.05) is 26.0 Å². The highest BCUT2D eigenvalue weighted by Crippen LogP contribution is 2.23. The van der Waals surface area contributed by atoms with Crippen molar-refractivity contribution in [2.45, 2.75) is 46.1 Å². The summed E-state index contributed by atoms with van der Waals surface area (Å²) in [6.45, 7) is 10.3. The van der Waals surface area contributed by atoms with Crippen molar-refractivity contribution in [2.75, 3.05) is 45.2 Å². The zero-order valence-electron chi connectivity index (χ0n) is 16.7. The van der Waals surface area contributed by atoms with E-state index in [-0.39, 0.29) is 6.03 Å². The van der Waals surface area contributed by atoms with E-state index < -0.39 is 0 Å². The quantitative estimate of drug-likeness (QED) is 0.717. The summed E-state index contributed by atoms with van der Waals surface area (Å²) in [6, 6.07) is 7.87. The summed E-state index contributed by atoms with van der Waals surface area (Å²) < 4.78 is 5.11. The number of piperidine rings is 1. The third-order valence-electron chi connectivity index (χ3n) is 5.40. The van der Waals surface area contributed by atoms with E-state index in [1.54, 1.807) is 7.11 Å². The molecule has 0 bridgehead atoms. The number of nitrogens with one attached hydrogen (secondary N) is 1. The maximum Gasteiger partial charge on any atom is 0.321 e. The lowest BCUT2D eigenvalue weighted by molar-refractivity contribution is 0.176. The van der Waals surface area contributed by atoms with Crippen LogP contribution in [0, 0.1) is 5.92 Å². The molecule has 0 saturated carbocycles. The van der Waals surface area contributed by atoms with Crippen LogP contribution in [-0.2, 0) is 11.3 Å². The van der Waals surface area contributed by atoms with Crippen LogP contribution in [0.4, 0.5) is 10.5 Å². The molecule has 146 valence electrons. The predicted octanol–water partition coefficient (Wildman–Crippen LogP) is 4.20. The first kappa shape index (κ1) is 20.7. The Bertz CT molecular complexity index is 521. The van der Waals surface area contributed by atoms with E-state index in [0.29, 0.717) is 6.61 Å². The van der Waals surface area contributed by atoms with E-state index in [1.807, 2.05) is 29.2 Å². The largest absolute Gasteiger partial charge is 0.380 e. The van der Waals surface area contributed by atoms with Crippen LogP contribution in [0.15, 0.2) is 24.3 Å². The lowest BCUT2D eigenvalue weighted by Gasteiger charge is -2.32. The highest BCUT2D eigenvalue weighted by Gasteiger charge is 2.22. The molecule has 2 amide bonds. The first-order valence-electron chi connectivity index (χ1n) is 10.0. The van der Waals surface area contributed by atoms with Gasteiger partial charge in [-0.2, -0.15) is 0 Å². The second kappa shape index (κ2) is 11.2. The number of benzene rings is 1. The number of likely N-dealkylation sites (tertiary alicyclic amines) is 1. The smallest absolute Gasteiger partial charge is 0.321 e. The summed E-state index contributed by atoms with van der Waals surface area (Å²) in [6.07, 6.45) is 4.80. The minimum Gasteiger partial charge on any atom is -0.380 e. The Morgan fingerprint density at radius 2 is 1.85 bits per heavy atom. The first-order valence-corrected chi connectivity index (χ1v) is 10.0. The maximum absolute atomic E-state index is 12.4. The fourth-order valence-corrected chi connectivity index (χ4v) is 3.62. The van der Waals surface area contributed by atoms with Crippen molar-refractivity contribution in [1.82, 2.24) is 9.80 Å². The van der Waals surface area contributed by atoms with E-state index in [4.69, 9.17) is 4.74 Å². The molecule has 1 saturated heterocycles. The molecule has 5 heteroatoms. The van der Waals surface area contributed by atoms with Crippen molar-refractivity contribution in [1.29, 1.82) is 0 Å². The Morgan fingerprint density at radius 1 is 1.19 bits per heavy atom. The molecule has 0 unspecified atom stereocenters. The molecule has 1 aromatic rings. The van der Waals surface area contributed by atoms with Gasteiger partial charge in [0.1, 0.15) is 0 Å². The number of hydrogen-bond acceptors (Lipinski definition) is 3. The molecule has 1 fully saturated rings. The average molecular weight is 362 g/mol. The van der Waals surface area contributed by atoms with Crippen LogP contribution in [0.3, 0.4) is 0 Å². The Hall–Kier alpha value is -1.59. The van der Waals surface area contributed by atoms with Gasteiger partial charge in [-0.05, 0) is 68.9 Å². The third-order valence-corrected chi connectivity index (χ3v) is 5.40. The molecular weight excluding hydrogens is 326 g/mol. The number of hydrogen-bond donors (Lipinski definition) is 1. The standard InChI is InChI=1S/C21H35N3O2/c1-4-23(5-2)14-6-7-18-12-15-24(16-13-18)21(25)22-20-10-8-19(9-11-20)17-26-3/h8-11,18H,4-7,12-17H2,1-3H3,(H,22,25). The number of methoxy groups -OCH3 is 1. The van der Waals surface area contributed by atoms with Gasteiger partial charge in [0.2, 0.25) is 0 Å². The number of carbonyl (C=O) groups excluding carboxylic acids is 1. The molecule has 5 nitrogen and oxygen atoms in total. The minimum atomic E-state index is 0.0195. The van der Waals surface area contributed by atoms with E-state index in [9.17, 15) is 4.79 Å². The molecule has 1 aromatic carbocycles. The fourth-order valence-electron chi connectivity index (χ4n) is 3.62. The summed E-state index contributed by atoms with van der Waals surface area (Å²) in [7, 11) is 1.68. The van der Waals surface area contributed by atoms with Crippen molar-refractivity contribution in [3.63, 3.8) is 0 Å². The number of rotatable bonds is 9. The summed E-state index contributed by atoms with van der Waals surface area (Å²) in [5.41, 5.74) is 1.95. The van der Waals surface area contributed by atoms with Gasteiger partial charge in [0.05, 0.1) is 6.61 Å². The molecule has 1 N–H and O–H groups in total. The van der Waals surface area contributed by atoms with E-state index in [1.165, 1.54) is 19.4 Å². The Kier molecular flexibility index (Phi) is 8.92. The van der Waals surface area contributed by atoms with Gasteiger partial charge in [-0.25, -0.2) is 4.79 Å².